The van der Waals surface area contributed by atoms with Crippen LogP contribution in [0.1, 0.15) is 15.9 Å². The highest BCUT2D eigenvalue weighted by Crippen LogP contribution is 2.30. The fourth-order valence-electron chi connectivity index (χ4n) is 2.51. The molecule has 2 N–H and O–H groups in total. The highest BCUT2D eigenvalue weighted by atomic mass is 32.2. The first-order valence-corrected chi connectivity index (χ1v) is 7.31. The zero-order valence-corrected chi connectivity index (χ0v) is 11.1. The van der Waals surface area contributed by atoms with Crippen molar-refractivity contribution in [1.82, 2.24) is 5.32 Å². The highest BCUT2D eigenvalue weighted by Gasteiger charge is 2.32. The van der Waals surface area contributed by atoms with Gasteiger partial charge in [0.1, 0.15) is 0 Å². The van der Waals surface area contributed by atoms with Gasteiger partial charge in [-0.2, -0.15) is 0 Å². The van der Waals surface area contributed by atoms with Gasteiger partial charge in [-0.25, -0.2) is 4.79 Å². The van der Waals surface area contributed by atoms with E-state index in [1.807, 2.05) is 0 Å². The second-order valence-electron chi connectivity index (χ2n) is 4.66. The Labute approximate surface area is 115 Å². The molecular weight excluding hydrogens is 264 g/mol. The van der Waals surface area contributed by atoms with Crippen LogP contribution in [0.5, 0.6) is 0 Å². The summed E-state index contributed by atoms with van der Waals surface area (Å²) in [5.74, 6) is 0.778. The number of carboxylic acid groups (broad SMARTS) is 1. The van der Waals surface area contributed by atoms with E-state index in [0.29, 0.717) is 6.54 Å². The van der Waals surface area contributed by atoms with E-state index in [1.54, 1.807) is 34.9 Å². The topological polar surface area (TPSA) is 69.6 Å². The maximum absolute atomic E-state index is 12.4. The number of aromatic carboxylic acids is 1. The van der Waals surface area contributed by atoms with Crippen LogP contribution in [0.4, 0.5) is 5.69 Å². The summed E-state index contributed by atoms with van der Waals surface area (Å²) >= 11 is 1.72. The summed E-state index contributed by atoms with van der Waals surface area (Å²) in [6, 6.07) is 4.85. The lowest BCUT2D eigenvalue weighted by atomic mass is 10.1. The predicted octanol–water partition coefficient (Wildman–Crippen LogP) is 0.936. The summed E-state index contributed by atoms with van der Waals surface area (Å²) in [5.41, 5.74) is 2.08. The minimum Gasteiger partial charge on any atom is -0.478 e. The molecule has 2 aliphatic rings. The summed E-state index contributed by atoms with van der Waals surface area (Å²) in [6.07, 6.45) is 0.724. The molecule has 2 aliphatic heterocycles. The number of nitrogens with zero attached hydrogens (tertiary/aromatic N) is 1. The first kappa shape index (κ1) is 12.5. The molecule has 1 atom stereocenters. The lowest BCUT2D eigenvalue weighted by molar-refractivity contribution is -0.119. The summed E-state index contributed by atoms with van der Waals surface area (Å²) in [7, 11) is 0. The number of thioether (sulfide) groups is 1. The third-order valence-electron chi connectivity index (χ3n) is 3.50. The Hall–Kier alpha value is -1.53. The van der Waals surface area contributed by atoms with Gasteiger partial charge >= 0.3 is 5.97 Å². The van der Waals surface area contributed by atoms with Gasteiger partial charge in [0.15, 0.2) is 0 Å². The summed E-state index contributed by atoms with van der Waals surface area (Å²) in [5, 5.41) is 12.1. The SMILES string of the molecule is O=C(O)c1ccc2c(c1)CCN2C(=O)C1CSCN1. The van der Waals surface area contributed by atoms with Gasteiger partial charge in [0.25, 0.3) is 0 Å². The van der Waals surface area contributed by atoms with Crippen molar-refractivity contribution in [2.45, 2.75) is 12.5 Å². The molecule has 0 aromatic heterocycles. The number of hydrogen-bond acceptors (Lipinski definition) is 4. The Morgan fingerprint density at radius 1 is 1.42 bits per heavy atom. The molecule has 1 fully saturated rings. The minimum atomic E-state index is -0.929. The first-order chi connectivity index (χ1) is 9.16. The van der Waals surface area contributed by atoms with Crippen molar-refractivity contribution >= 4 is 29.3 Å². The molecule has 2 heterocycles. The van der Waals surface area contributed by atoms with E-state index in [-0.39, 0.29) is 17.5 Å². The molecule has 5 nitrogen and oxygen atoms in total. The number of hydrogen-bond donors (Lipinski definition) is 2. The summed E-state index contributed by atoms with van der Waals surface area (Å²) < 4.78 is 0. The van der Waals surface area contributed by atoms with Gasteiger partial charge in [-0.1, -0.05) is 0 Å². The van der Waals surface area contributed by atoms with Crippen LogP contribution < -0.4 is 10.2 Å². The molecule has 0 bridgehead atoms. The van der Waals surface area contributed by atoms with Gasteiger partial charge in [-0.05, 0) is 30.2 Å². The number of fused-ring (bicyclic) bond motifs is 1. The molecule has 0 aliphatic carbocycles. The fraction of sp³-hybridized carbons (Fsp3) is 0.385. The minimum absolute atomic E-state index is 0.0897. The van der Waals surface area contributed by atoms with Gasteiger partial charge in [0, 0.05) is 23.9 Å². The van der Waals surface area contributed by atoms with E-state index >= 15 is 0 Å². The van der Waals surface area contributed by atoms with Crippen LogP contribution >= 0.6 is 11.8 Å². The largest absolute Gasteiger partial charge is 0.478 e. The molecule has 1 aromatic carbocycles. The lowest BCUT2D eigenvalue weighted by Gasteiger charge is -2.21. The van der Waals surface area contributed by atoms with Crippen molar-refractivity contribution in [3.05, 3.63) is 29.3 Å². The van der Waals surface area contributed by atoms with E-state index in [2.05, 4.69) is 5.32 Å². The van der Waals surface area contributed by atoms with Crippen molar-refractivity contribution in [3.8, 4) is 0 Å². The van der Waals surface area contributed by atoms with E-state index in [9.17, 15) is 9.59 Å². The van der Waals surface area contributed by atoms with Gasteiger partial charge < -0.3 is 10.0 Å². The molecule has 1 saturated heterocycles. The zero-order valence-electron chi connectivity index (χ0n) is 10.3. The third kappa shape index (κ3) is 2.21. The predicted molar refractivity (Wildman–Crippen MR) is 73.7 cm³/mol. The Bertz CT molecular complexity index is 541. The average Bonchev–Trinajstić information content (AvgIpc) is 3.06. The van der Waals surface area contributed by atoms with Crippen LogP contribution in [0.25, 0.3) is 0 Å². The quantitative estimate of drug-likeness (QED) is 0.842. The summed E-state index contributed by atoms with van der Waals surface area (Å²) in [4.78, 5) is 25.1. The van der Waals surface area contributed by atoms with E-state index in [1.165, 1.54) is 0 Å². The Kier molecular flexibility index (Phi) is 3.20. The number of carbonyl (C=O) groups excluding carboxylic acids is 1. The van der Waals surface area contributed by atoms with Gasteiger partial charge in [0.2, 0.25) is 5.91 Å². The fourth-order valence-corrected chi connectivity index (χ4v) is 3.44. The number of anilines is 1. The van der Waals surface area contributed by atoms with Gasteiger partial charge in [0.05, 0.1) is 11.6 Å². The maximum atomic E-state index is 12.4. The number of carbonyl (C=O) groups is 2. The Morgan fingerprint density at radius 3 is 2.95 bits per heavy atom. The van der Waals surface area contributed by atoms with Crippen LogP contribution in [0.3, 0.4) is 0 Å². The van der Waals surface area contributed by atoms with E-state index in [4.69, 9.17) is 5.11 Å². The molecular formula is C13H14N2O3S. The molecule has 0 radical (unpaired) electrons. The molecule has 1 aromatic rings. The van der Waals surface area contributed by atoms with Gasteiger partial charge in [-0.15, -0.1) is 11.8 Å². The van der Waals surface area contributed by atoms with Crippen LogP contribution in [-0.2, 0) is 11.2 Å². The number of rotatable bonds is 2. The average molecular weight is 278 g/mol. The van der Waals surface area contributed by atoms with Gasteiger partial charge in [-0.3, -0.25) is 10.1 Å². The highest BCUT2D eigenvalue weighted by molar-refractivity contribution is 7.99. The molecule has 1 amide bonds. The standard InChI is InChI=1S/C13H14N2O3S/c16-12(10-6-19-7-14-10)15-4-3-8-5-9(13(17)18)1-2-11(8)15/h1-2,5,10,14H,3-4,6-7H2,(H,17,18). The molecule has 100 valence electrons. The first-order valence-electron chi connectivity index (χ1n) is 6.15. The molecule has 19 heavy (non-hydrogen) atoms. The monoisotopic (exact) mass is 278 g/mol. The van der Waals surface area contributed by atoms with Crippen molar-refractivity contribution < 1.29 is 14.7 Å². The molecule has 0 saturated carbocycles. The van der Waals surface area contributed by atoms with Crippen LogP contribution in [0.15, 0.2) is 18.2 Å². The van der Waals surface area contributed by atoms with E-state index in [0.717, 1.165) is 29.3 Å². The maximum Gasteiger partial charge on any atom is 0.335 e. The van der Waals surface area contributed by atoms with Crippen LogP contribution in [0, 0.1) is 0 Å². The van der Waals surface area contributed by atoms with Crippen molar-refractivity contribution in [2.24, 2.45) is 0 Å². The second kappa shape index (κ2) is 4.86. The smallest absolute Gasteiger partial charge is 0.335 e. The van der Waals surface area contributed by atoms with E-state index < -0.39 is 5.97 Å². The number of amides is 1. The number of benzene rings is 1. The summed E-state index contributed by atoms with van der Waals surface area (Å²) in [6.45, 7) is 0.639. The normalized spacial score (nSPS) is 21.5. The van der Waals surface area contributed by atoms with Crippen molar-refractivity contribution in [2.75, 3.05) is 23.1 Å². The molecule has 6 heteroatoms. The zero-order chi connectivity index (χ0) is 13.4. The number of nitrogens with one attached hydrogen (secondary N) is 1. The Morgan fingerprint density at radius 2 is 2.26 bits per heavy atom. The lowest BCUT2D eigenvalue weighted by Crippen LogP contribution is -2.44. The molecule has 3 rings (SSSR count). The Balaban J connectivity index is 1.85. The number of carboxylic acids is 1. The second-order valence-corrected chi connectivity index (χ2v) is 5.69. The van der Waals surface area contributed by atoms with Crippen LogP contribution in [0.2, 0.25) is 0 Å². The van der Waals surface area contributed by atoms with Crippen molar-refractivity contribution in [3.63, 3.8) is 0 Å². The van der Waals surface area contributed by atoms with Crippen molar-refractivity contribution in [1.29, 1.82) is 0 Å². The molecule has 0 spiro atoms. The third-order valence-corrected chi connectivity index (χ3v) is 4.44. The van der Waals surface area contributed by atoms with Crippen LogP contribution in [-0.4, -0.2) is 41.2 Å². The molecule has 1 unspecified atom stereocenters.